The maximum absolute atomic E-state index is 5.37. The summed E-state index contributed by atoms with van der Waals surface area (Å²) < 4.78 is 5.37. The summed E-state index contributed by atoms with van der Waals surface area (Å²) in [5, 5.41) is 0. The minimum Gasteiger partial charge on any atom is -0.497 e. The van der Waals surface area contributed by atoms with E-state index in [-0.39, 0.29) is 0 Å². The Morgan fingerprint density at radius 2 is 2.04 bits per heavy atom. The Labute approximate surface area is 150 Å². The van der Waals surface area contributed by atoms with Gasteiger partial charge in [0.2, 0.25) is 0 Å². The molecule has 1 atom stereocenters. The number of piperidine rings is 1. The van der Waals surface area contributed by atoms with E-state index in [1.807, 2.05) is 18.3 Å². The van der Waals surface area contributed by atoms with Crippen molar-refractivity contribution in [2.24, 2.45) is 5.41 Å². The molecule has 132 valence electrons. The number of benzene rings is 1. The molecule has 2 aromatic rings. The third kappa shape index (κ3) is 3.64. The molecule has 1 spiro atoms. The van der Waals surface area contributed by atoms with Crippen molar-refractivity contribution in [1.29, 1.82) is 0 Å². The Bertz CT molecular complexity index is 705. The van der Waals surface area contributed by atoms with Crippen LogP contribution >= 0.6 is 0 Å². The van der Waals surface area contributed by atoms with Gasteiger partial charge in [-0.15, -0.1) is 0 Å². The Hall–Kier alpha value is -2.07. The lowest BCUT2D eigenvalue weighted by Crippen LogP contribution is -2.44. The minimum atomic E-state index is 0.425. The number of rotatable bonds is 4. The fraction of sp³-hybridized carbons (Fsp3) is 0.476. The standard InChI is InChI=1S/C21H27N3O/c1-25-19-7-4-6-18(14-19)15-23-12-5-9-21(16-23)10-13-24(17-21)20-8-2-3-11-22-20/h2-4,6-8,11,14H,5,9-10,12-13,15-17H2,1H3. The average Bonchev–Trinajstić information content (AvgIpc) is 3.06. The monoisotopic (exact) mass is 337 g/mol. The number of likely N-dealkylation sites (tertiary alicyclic amines) is 1. The number of anilines is 1. The lowest BCUT2D eigenvalue weighted by Gasteiger charge is -2.40. The van der Waals surface area contributed by atoms with E-state index in [0.717, 1.165) is 31.2 Å². The highest BCUT2D eigenvalue weighted by Gasteiger charge is 2.41. The van der Waals surface area contributed by atoms with Gasteiger partial charge in [-0.1, -0.05) is 18.2 Å². The Morgan fingerprint density at radius 1 is 1.08 bits per heavy atom. The maximum Gasteiger partial charge on any atom is 0.128 e. The molecule has 2 aliphatic rings. The van der Waals surface area contributed by atoms with Crippen molar-refractivity contribution in [3.05, 3.63) is 54.2 Å². The molecular formula is C21H27N3O. The van der Waals surface area contributed by atoms with Gasteiger partial charge < -0.3 is 9.64 Å². The molecule has 0 radical (unpaired) electrons. The molecule has 25 heavy (non-hydrogen) atoms. The molecule has 2 aliphatic heterocycles. The SMILES string of the molecule is COc1cccc(CN2CCCC3(CCN(c4ccccn4)C3)C2)c1. The number of hydrogen-bond donors (Lipinski definition) is 0. The van der Waals surface area contributed by atoms with Crippen LogP contribution in [-0.2, 0) is 6.54 Å². The summed E-state index contributed by atoms with van der Waals surface area (Å²) in [6.07, 6.45) is 5.81. The smallest absolute Gasteiger partial charge is 0.128 e. The Balaban J connectivity index is 1.42. The van der Waals surface area contributed by atoms with Crippen molar-refractivity contribution in [2.45, 2.75) is 25.8 Å². The lowest BCUT2D eigenvalue weighted by molar-refractivity contribution is 0.0991. The van der Waals surface area contributed by atoms with E-state index in [1.165, 1.54) is 37.9 Å². The van der Waals surface area contributed by atoms with Gasteiger partial charge in [0.25, 0.3) is 0 Å². The summed E-state index contributed by atoms with van der Waals surface area (Å²) in [6.45, 7) is 5.67. The largest absolute Gasteiger partial charge is 0.497 e. The van der Waals surface area contributed by atoms with Gasteiger partial charge in [-0.3, -0.25) is 4.90 Å². The maximum atomic E-state index is 5.37. The molecule has 1 aromatic heterocycles. The van der Waals surface area contributed by atoms with Crippen LogP contribution < -0.4 is 9.64 Å². The number of hydrogen-bond acceptors (Lipinski definition) is 4. The molecule has 4 rings (SSSR count). The molecule has 0 aliphatic carbocycles. The van der Waals surface area contributed by atoms with Gasteiger partial charge in [0.1, 0.15) is 11.6 Å². The van der Waals surface area contributed by atoms with E-state index < -0.39 is 0 Å². The van der Waals surface area contributed by atoms with Crippen LogP contribution in [0, 0.1) is 5.41 Å². The van der Waals surface area contributed by atoms with Crippen molar-refractivity contribution < 1.29 is 4.74 Å². The third-order valence-corrected chi connectivity index (χ3v) is 5.69. The van der Waals surface area contributed by atoms with Crippen LogP contribution in [0.2, 0.25) is 0 Å². The van der Waals surface area contributed by atoms with Crippen molar-refractivity contribution in [3.8, 4) is 5.75 Å². The molecule has 0 amide bonds. The summed E-state index contributed by atoms with van der Waals surface area (Å²) in [5.41, 5.74) is 1.77. The number of ether oxygens (including phenoxy) is 1. The fourth-order valence-corrected chi connectivity index (χ4v) is 4.48. The van der Waals surface area contributed by atoms with Gasteiger partial charge in [-0.25, -0.2) is 4.98 Å². The number of methoxy groups -OCH3 is 1. The van der Waals surface area contributed by atoms with Crippen LogP contribution in [0.15, 0.2) is 48.7 Å². The Kier molecular flexibility index (Phi) is 4.62. The molecule has 1 aromatic carbocycles. The van der Waals surface area contributed by atoms with Crippen molar-refractivity contribution in [1.82, 2.24) is 9.88 Å². The number of pyridine rings is 1. The van der Waals surface area contributed by atoms with E-state index in [2.05, 4.69) is 45.1 Å². The zero-order chi connectivity index (χ0) is 17.1. The molecule has 1 unspecified atom stereocenters. The van der Waals surface area contributed by atoms with Gasteiger partial charge in [-0.2, -0.15) is 0 Å². The van der Waals surface area contributed by atoms with Gasteiger partial charge in [-0.05, 0) is 55.6 Å². The van der Waals surface area contributed by atoms with Crippen molar-refractivity contribution in [2.75, 3.05) is 38.2 Å². The number of aromatic nitrogens is 1. The molecular weight excluding hydrogens is 310 g/mol. The molecule has 2 saturated heterocycles. The lowest BCUT2D eigenvalue weighted by atomic mass is 9.79. The van der Waals surface area contributed by atoms with E-state index >= 15 is 0 Å². The van der Waals surface area contributed by atoms with E-state index in [0.29, 0.717) is 5.41 Å². The first-order valence-corrected chi connectivity index (χ1v) is 9.28. The third-order valence-electron chi connectivity index (χ3n) is 5.69. The number of nitrogens with zero attached hydrogens (tertiary/aromatic N) is 3. The van der Waals surface area contributed by atoms with Crippen molar-refractivity contribution in [3.63, 3.8) is 0 Å². The zero-order valence-electron chi connectivity index (χ0n) is 15.0. The predicted molar refractivity (Wildman–Crippen MR) is 101 cm³/mol. The minimum absolute atomic E-state index is 0.425. The van der Waals surface area contributed by atoms with Gasteiger partial charge >= 0.3 is 0 Å². The molecule has 0 bridgehead atoms. The van der Waals surface area contributed by atoms with E-state index in [4.69, 9.17) is 4.74 Å². The zero-order valence-corrected chi connectivity index (χ0v) is 15.0. The average molecular weight is 337 g/mol. The fourth-order valence-electron chi connectivity index (χ4n) is 4.48. The van der Waals surface area contributed by atoms with Gasteiger partial charge in [0.15, 0.2) is 0 Å². The first-order chi connectivity index (χ1) is 12.3. The van der Waals surface area contributed by atoms with Crippen LogP contribution in [0.1, 0.15) is 24.8 Å². The van der Waals surface area contributed by atoms with Gasteiger partial charge in [0, 0.05) is 37.8 Å². The second kappa shape index (κ2) is 7.04. The molecule has 4 heteroatoms. The predicted octanol–water partition coefficient (Wildman–Crippen LogP) is 3.58. The summed E-state index contributed by atoms with van der Waals surface area (Å²) in [6, 6.07) is 14.7. The van der Waals surface area contributed by atoms with E-state index in [9.17, 15) is 0 Å². The molecule has 4 nitrogen and oxygen atoms in total. The van der Waals surface area contributed by atoms with Crippen LogP contribution in [0.5, 0.6) is 5.75 Å². The highest BCUT2D eigenvalue weighted by atomic mass is 16.5. The Morgan fingerprint density at radius 3 is 2.88 bits per heavy atom. The van der Waals surface area contributed by atoms with Crippen LogP contribution in [-0.4, -0.2) is 43.2 Å². The summed E-state index contributed by atoms with van der Waals surface area (Å²) in [7, 11) is 1.74. The van der Waals surface area contributed by atoms with Crippen LogP contribution in [0.3, 0.4) is 0 Å². The van der Waals surface area contributed by atoms with E-state index in [1.54, 1.807) is 7.11 Å². The highest BCUT2D eigenvalue weighted by Crippen LogP contribution is 2.40. The summed E-state index contributed by atoms with van der Waals surface area (Å²) in [5.74, 6) is 2.08. The molecule has 0 N–H and O–H groups in total. The highest BCUT2D eigenvalue weighted by molar-refractivity contribution is 5.40. The second-order valence-electron chi connectivity index (χ2n) is 7.53. The molecule has 0 saturated carbocycles. The quantitative estimate of drug-likeness (QED) is 0.852. The van der Waals surface area contributed by atoms with Crippen LogP contribution in [0.4, 0.5) is 5.82 Å². The van der Waals surface area contributed by atoms with Crippen LogP contribution in [0.25, 0.3) is 0 Å². The summed E-state index contributed by atoms with van der Waals surface area (Å²) >= 11 is 0. The normalized spacial score (nSPS) is 24.0. The second-order valence-corrected chi connectivity index (χ2v) is 7.53. The first-order valence-electron chi connectivity index (χ1n) is 9.28. The molecule has 2 fully saturated rings. The van der Waals surface area contributed by atoms with Crippen molar-refractivity contribution >= 4 is 5.82 Å². The first kappa shape index (κ1) is 16.4. The molecule has 3 heterocycles. The van der Waals surface area contributed by atoms with Gasteiger partial charge in [0.05, 0.1) is 7.11 Å². The topological polar surface area (TPSA) is 28.6 Å². The summed E-state index contributed by atoms with van der Waals surface area (Å²) in [4.78, 5) is 9.64.